The molecule has 0 saturated carbocycles. The van der Waals surface area contributed by atoms with Crippen molar-refractivity contribution in [3.05, 3.63) is 30.0 Å². The number of likely N-dealkylation sites (tertiary alicyclic amines) is 1. The number of imidazole rings is 1. The zero-order chi connectivity index (χ0) is 17.6. The molecule has 1 unspecified atom stereocenters. The largest absolute Gasteiger partial charge is 0.342 e. The summed E-state index contributed by atoms with van der Waals surface area (Å²) in [7, 11) is 0. The fourth-order valence-corrected chi connectivity index (χ4v) is 3.45. The molecule has 2 aromatic heterocycles. The van der Waals surface area contributed by atoms with Gasteiger partial charge in [0.25, 0.3) is 0 Å². The van der Waals surface area contributed by atoms with Crippen LogP contribution in [0.4, 0.5) is 0 Å². The van der Waals surface area contributed by atoms with Gasteiger partial charge in [0.15, 0.2) is 5.82 Å². The number of aromatic amines is 1. The monoisotopic (exact) mass is 361 g/mol. The third kappa shape index (κ3) is 4.78. The number of piperidine rings is 1. The fraction of sp³-hybridized carbons (Fsp3) is 0.556. The van der Waals surface area contributed by atoms with Gasteiger partial charge in [0.2, 0.25) is 5.91 Å². The Morgan fingerprint density at radius 1 is 1.40 bits per heavy atom. The minimum Gasteiger partial charge on any atom is -0.342 e. The third-order valence-corrected chi connectivity index (χ3v) is 4.83. The maximum atomic E-state index is 12.2. The number of carbonyl (C=O) groups is 1. The van der Waals surface area contributed by atoms with Gasteiger partial charge in [0.1, 0.15) is 12.0 Å². The van der Waals surface area contributed by atoms with E-state index in [1.54, 1.807) is 12.5 Å². The van der Waals surface area contributed by atoms with Gasteiger partial charge >= 0.3 is 0 Å². The predicted octanol–water partition coefficient (Wildman–Crippen LogP) is 2.98. The van der Waals surface area contributed by atoms with E-state index >= 15 is 0 Å². The normalized spacial score (nSPS) is 17.7. The average Bonchev–Trinajstić information content (AvgIpc) is 3.06. The number of nitrogens with one attached hydrogen (secondary N) is 1. The third-order valence-electron chi connectivity index (χ3n) is 4.56. The van der Waals surface area contributed by atoms with E-state index in [9.17, 15) is 4.79 Å². The molecular formula is C18H24ClN5O. The number of hydrogen-bond donors (Lipinski definition) is 1. The smallest absolute Gasteiger partial charge is 0.222 e. The molecule has 0 bridgehead atoms. The molecule has 134 valence electrons. The van der Waals surface area contributed by atoms with Crippen molar-refractivity contribution in [1.82, 2.24) is 24.8 Å². The van der Waals surface area contributed by atoms with E-state index in [4.69, 9.17) is 11.6 Å². The van der Waals surface area contributed by atoms with Crippen LogP contribution >= 0.6 is 11.6 Å². The summed E-state index contributed by atoms with van der Waals surface area (Å²) in [5.41, 5.74) is 2.82. The lowest BCUT2D eigenvalue weighted by Crippen LogP contribution is -2.40. The van der Waals surface area contributed by atoms with Crippen molar-refractivity contribution < 1.29 is 4.79 Å². The van der Waals surface area contributed by atoms with Crippen LogP contribution in [0.15, 0.2) is 18.6 Å². The number of nitrogens with zero attached hydrogens (tertiary/aromatic N) is 4. The van der Waals surface area contributed by atoms with Crippen molar-refractivity contribution in [2.45, 2.75) is 39.0 Å². The van der Waals surface area contributed by atoms with E-state index in [-0.39, 0.29) is 5.91 Å². The summed E-state index contributed by atoms with van der Waals surface area (Å²) in [6.07, 6.45) is 7.71. The molecule has 1 atom stereocenters. The second-order valence-electron chi connectivity index (χ2n) is 6.65. The van der Waals surface area contributed by atoms with Crippen LogP contribution in [0, 0.1) is 12.8 Å². The van der Waals surface area contributed by atoms with E-state index < -0.39 is 0 Å². The Balaban J connectivity index is 1.63. The minimum atomic E-state index is 0.222. The second kappa shape index (κ2) is 8.43. The van der Waals surface area contributed by atoms with Crippen LogP contribution in [0.25, 0.3) is 11.5 Å². The maximum absolute atomic E-state index is 12.2. The van der Waals surface area contributed by atoms with E-state index in [2.05, 4.69) is 19.9 Å². The van der Waals surface area contributed by atoms with Crippen molar-refractivity contribution in [3.8, 4) is 11.5 Å². The van der Waals surface area contributed by atoms with Crippen LogP contribution in [0.2, 0.25) is 0 Å². The molecule has 0 aliphatic carbocycles. The first kappa shape index (κ1) is 17.9. The molecule has 0 aromatic carbocycles. The Morgan fingerprint density at radius 2 is 2.28 bits per heavy atom. The van der Waals surface area contributed by atoms with Crippen LogP contribution in [-0.4, -0.2) is 49.7 Å². The Hall–Kier alpha value is -1.95. The van der Waals surface area contributed by atoms with E-state index in [0.29, 0.717) is 18.2 Å². The number of hydrogen-bond acceptors (Lipinski definition) is 4. The topological polar surface area (TPSA) is 74.8 Å². The minimum absolute atomic E-state index is 0.222. The first-order valence-electron chi connectivity index (χ1n) is 8.82. The van der Waals surface area contributed by atoms with Crippen molar-refractivity contribution in [2.75, 3.05) is 19.0 Å². The number of rotatable bonds is 6. The molecule has 2 aromatic rings. The SMILES string of the molecule is Cc1cnc(-c2cc(CC3CCCN(C(=O)CCCCl)C3)ncn2)[nH]1. The molecular weight excluding hydrogens is 338 g/mol. The van der Waals surface area contributed by atoms with Crippen molar-refractivity contribution in [2.24, 2.45) is 5.92 Å². The molecule has 3 rings (SSSR count). The summed E-state index contributed by atoms with van der Waals surface area (Å²) in [6, 6.07) is 1.99. The van der Waals surface area contributed by atoms with Crippen LogP contribution in [0.1, 0.15) is 37.1 Å². The molecule has 0 radical (unpaired) electrons. The fourth-order valence-electron chi connectivity index (χ4n) is 3.31. The van der Waals surface area contributed by atoms with Gasteiger partial charge in [-0.2, -0.15) is 0 Å². The molecule has 3 heterocycles. The number of amides is 1. The van der Waals surface area contributed by atoms with Gasteiger partial charge in [0.05, 0.1) is 0 Å². The molecule has 25 heavy (non-hydrogen) atoms. The highest BCUT2D eigenvalue weighted by molar-refractivity contribution is 6.17. The summed E-state index contributed by atoms with van der Waals surface area (Å²) in [6.45, 7) is 3.63. The van der Waals surface area contributed by atoms with Gasteiger partial charge in [-0.15, -0.1) is 11.6 Å². The summed E-state index contributed by atoms with van der Waals surface area (Å²) in [5.74, 6) is 1.97. The zero-order valence-electron chi connectivity index (χ0n) is 14.5. The molecule has 1 N–H and O–H groups in total. The molecule has 7 heteroatoms. The van der Waals surface area contributed by atoms with Crippen LogP contribution in [0.3, 0.4) is 0 Å². The standard InChI is InChI=1S/C18H24ClN5O/c1-13-10-20-18(23-13)16-9-15(21-12-22-16)8-14-4-3-7-24(11-14)17(25)5-2-6-19/h9-10,12,14H,2-8,11H2,1H3,(H,20,23). The number of aryl methyl sites for hydroxylation is 1. The second-order valence-corrected chi connectivity index (χ2v) is 7.03. The molecule has 1 saturated heterocycles. The van der Waals surface area contributed by atoms with Crippen LogP contribution < -0.4 is 0 Å². The highest BCUT2D eigenvalue weighted by atomic mass is 35.5. The van der Waals surface area contributed by atoms with Crippen LogP contribution in [0.5, 0.6) is 0 Å². The lowest BCUT2D eigenvalue weighted by Gasteiger charge is -2.32. The van der Waals surface area contributed by atoms with E-state index in [0.717, 1.165) is 61.7 Å². The number of halogens is 1. The Kier molecular flexibility index (Phi) is 6.02. The lowest BCUT2D eigenvalue weighted by molar-refractivity contribution is -0.133. The molecule has 6 nitrogen and oxygen atoms in total. The van der Waals surface area contributed by atoms with E-state index in [1.807, 2.05) is 17.9 Å². The Morgan fingerprint density at radius 3 is 3.04 bits per heavy atom. The van der Waals surface area contributed by atoms with Gasteiger partial charge in [-0.25, -0.2) is 15.0 Å². The molecule has 1 amide bonds. The number of aromatic nitrogens is 4. The summed E-state index contributed by atoms with van der Waals surface area (Å²) < 4.78 is 0. The van der Waals surface area contributed by atoms with E-state index in [1.165, 1.54) is 0 Å². The highest BCUT2D eigenvalue weighted by Gasteiger charge is 2.24. The quantitative estimate of drug-likeness (QED) is 0.802. The van der Waals surface area contributed by atoms with Gasteiger partial charge in [0, 0.05) is 43.0 Å². The summed E-state index contributed by atoms with van der Waals surface area (Å²) >= 11 is 5.69. The first-order chi connectivity index (χ1) is 12.2. The number of alkyl halides is 1. The first-order valence-corrected chi connectivity index (χ1v) is 9.36. The number of carbonyl (C=O) groups excluding carboxylic acids is 1. The van der Waals surface area contributed by atoms with Crippen molar-refractivity contribution in [1.29, 1.82) is 0 Å². The molecule has 1 fully saturated rings. The Labute approximate surface area is 153 Å². The summed E-state index contributed by atoms with van der Waals surface area (Å²) in [4.78, 5) is 30.5. The lowest BCUT2D eigenvalue weighted by atomic mass is 9.93. The summed E-state index contributed by atoms with van der Waals surface area (Å²) in [5, 5.41) is 0. The average molecular weight is 362 g/mol. The van der Waals surface area contributed by atoms with Gasteiger partial charge in [-0.3, -0.25) is 4.79 Å². The predicted molar refractivity (Wildman–Crippen MR) is 97.3 cm³/mol. The van der Waals surface area contributed by atoms with Crippen LogP contribution in [-0.2, 0) is 11.2 Å². The molecule has 0 spiro atoms. The van der Waals surface area contributed by atoms with Gasteiger partial charge in [-0.05, 0) is 44.6 Å². The Bertz CT molecular complexity index is 717. The number of H-pyrrole nitrogens is 1. The maximum Gasteiger partial charge on any atom is 0.222 e. The van der Waals surface area contributed by atoms with Gasteiger partial charge < -0.3 is 9.88 Å². The van der Waals surface area contributed by atoms with Crippen molar-refractivity contribution in [3.63, 3.8) is 0 Å². The molecule has 1 aliphatic rings. The zero-order valence-corrected chi connectivity index (χ0v) is 15.3. The van der Waals surface area contributed by atoms with Gasteiger partial charge in [-0.1, -0.05) is 0 Å². The molecule has 1 aliphatic heterocycles. The van der Waals surface area contributed by atoms with Crippen molar-refractivity contribution >= 4 is 17.5 Å². The highest BCUT2D eigenvalue weighted by Crippen LogP contribution is 2.22.